The molecule has 188 valence electrons. The Morgan fingerprint density at radius 2 is 0.838 bits per heavy atom. The van der Waals surface area contributed by atoms with Crippen LogP contribution in [-0.4, -0.2) is 0 Å². The van der Waals surface area contributed by atoms with Crippen LogP contribution in [0.25, 0.3) is 0 Å². The van der Waals surface area contributed by atoms with E-state index in [1.54, 1.807) is 11.8 Å². The molecule has 0 amide bonds. The summed E-state index contributed by atoms with van der Waals surface area (Å²) in [5.74, 6) is 6.17. The van der Waals surface area contributed by atoms with Crippen LogP contribution in [0.1, 0.15) is 64.5 Å². The predicted octanol–water partition coefficient (Wildman–Crippen LogP) is 9.43. The standard InChI is InChI=1S/C34H36.2ClH.Zr/c1-31(2)21-23-33(25-13-7-5-8-14-25,29-19-11-17-27(29)31)34(26-15-9-6-10-16-26)24-22-32(3,4)28-18-12-20-30(28)34;;;/h5-20H,21-24H2,1-4H3;2*1H;/q;;;+4/p-2. The molecular formula is C34H36Cl2Zr+2. The zero-order valence-corrected chi connectivity index (χ0v) is 26.3. The summed E-state index contributed by atoms with van der Waals surface area (Å²) in [7, 11) is 9.87. The fourth-order valence-corrected chi connectivity index (χ4v) is 7.73. The molecule has 0 bridgehead atoms. The predicted molar refractivity (Wildman–Crippen MR) is 153 cm³/mol. The normalized spacial score (nSPS) is 31.6. The number of halogens is 2. The summed E-state index contributed by atoms with van der Waals surface area (Å²) < 4.78 is 0. The Morgan fingerprint density at radius 1 is 0.514 bits per heavy atom. The molecule has 4 aliphatic carbocycles. The molecule has 2 aromatic carbocycles. The van der Waals surface area contributed by atoms with Crippen molar-refractivity contribution in [1.82, 2.24) is 0 Å². The molecule has 0 saturated heterocycles. The van der Waals surface area contributed by atoms with Crippen molar-refractivity contribution in [3.8, 4) is 0 Å². The molecule has 0 N–H and O–H groups in total. The summed E-state index contributed by atoms with van der Waals surface area (Å²) in [6, 6.07) is 22.9. The average Bonchev–Trinajstić information content (AvgIpc) is 3.59. The quantitative estimate of drug-likeness (QED) is 0.327. The van der Waals surface area contributed by atoms with E-state index in [2.05, 4.69) is 127 Å². The van der Waals surface area contributed by atoms with Gasteiger partial charge in [-0.25, -0.2) is 0 Å². The van der Waals surface area contributed by atoms with Crippen molar-refractivity contribution in [3.63, 3.8) is 0 Å². The molecule has 3 heteroatoms. The number of fused-ring (bicyclic) bond motifs is 2. The Bertz CT molecular complexity index is 951. The molecule has 0 aromatic heterocycles. The van der Waals surface area contributed by atoms with E-state index in [4.69, 9.17) is 17.0 Å². The Hall–Kier alpha value is -0.0969. The zero-order valence-electron chi connectivity index (χ0n) is 22.3. The molecule has 4 saturated carbocycles. The van der Waals surface area contributed by atoms with E-state index in [0.717, 1.165) is 12.8 Å². The average molecular weight is 607 g/mol. The summed E-state index contributed by atoms with van der Waals surface area (Å²) in [4.78, 5) is 0. The fourth-order valence-electron chi connectivity index (χ4n) is 7.73. The molecule has 2 unspecified atom stereocenters. The van der Waals surface area contributed by atoms with E-state index >= 15 is 0 Å². The molecule has 6 rings (SSSR count). The van der Waals surface area contributed by atoms with Crippen LogP contribution in [0, 0.1) is 73.0 Å². The number of hydrogen-bond acceptors (Lipinski definition) is 0. The Morgan fingerprint density at radius 3 is 1.19 bits per heavy atom. The van der Waals surface area contributed by atoms with E-state index in [1.807, 2.05) is 0 Å². The second-order valence-corrected chi connectivity index (χ2v) is 15.8. The molecule has 0 heterocycles. The van der Waals surface area contributed by atoms with Gasteiger partial charge in [-0.2, -0.15) is 0 Å². The van der Waals surface area contributed by atoms with E-state index < -0.39 is 20.8 Å². The molecule has 4 aliphatic rings. The van der Waals surface area contributed by atoms with Crippen LogP contribution in [-0.2, 0) is 31.7 Å². The van der Waals surface area contributed by atoms with Crippen molar-refractivity contribution in [2.45, 2.75) is 64.2 Å². The van der Waals surface area contributed by atoms with Crippen molar-refractivity contribution in [1.29, 1.82) is 0 Å². The van der Waals surface area contributed by atoms with Gasteiger partial charge in [0.15, 0.2) is 0 Å². The molecule has 4 fully saturated rings. The van der Waals surface area contributed by atoms with Gasteiger partial charge in [-0.1, -0.05) is 88.4 Å². The van der Waals surface area contributed by atoms with Gasteiger partial charge in [-0.3, -0.25) is 0 Å². The van der Waals surface area contributed by atoms with Crippen LogP contribution < -0.4 is 0 Å². The van der Waals surface area contributed by atoms with E-state index in [9.17, 15) is 0 Å². The molecule has 0 spiro atoms. The summed E-state index contributed by atoms with van der Waals surface area (Å²) in [5.41, 5.74) is 3.10. The number of benzene rings is 2. The van der Waals surface area contributed by atoms with Crippen molar-refractivity contribution in [2.24, 2.45) is 10.8 Å². The second-order valence-electron chi connectivity index (χ2n) is 12.1. The first kappa shape index (κ1) is 28.4. The summed E-state index contributed by atoms with van der Waals surface area (Å²) in [6.45, 7) is 9.75. The molecular weight excluding hydrogens is 571 g/mol. The zero-order chi connectivity index (χ0) is 26.3. The minimum absolute atomic E-state index is 0.108. The third-order valence-corrected chi connectivity index (χ3v) is 9.52. The van der Waals surface area contributed by atoms with Gasteiger partial charge in [-0.15, -0.1) is 0 Å². The minimum atomic E-state index is -0.826. The molecule has 2 atom stereocenters. The van der Waals surface area contributed by atoms with Crippen LogP contribution in [0.4, 0.5) is 0 Å². The van der Waals surface area contributed by atoms with Crippen LogP contribution in [0.15, 0.2) is 60.7 Å². The number of rotatable bonds is 3. The van der Waals surface area contributed by atoms with Gasteiger partial charge < -0.3 is 0 Å². The first-order chi connectivity index (χ1) is 17.7. The van der Waals surface area contributed by atoms with Gasteiger partial charge in [0, 0.05) is 10.8 Å². The third kappa shape index (κ3) is 4.58. The maximum absolute atomic E-state index is 4.93. The van der Waals surface area contributed by atoms with E-state index in [1.165, 1.54) is 35.8 Å². The Kier molecular flexibility index (Phi) is 8.49. The molecule has 0 nitrogen and oxygen atoms in total. The van der Waals surface area contributed by atoms with Crippen LogP contribution >= 0.6 is 17.0 Å². The van der Waals surface area contributed by atoms with Crippen LogP contribution in [0.2, 0.25) is 0 Å². The van der Waals surface area contributed by atoms with Crippen molar-refractivity contribution in [3.05, 3.63) is 134 Å². The van der Waals surface area contributed by atoms with Crippen molar-refractivity contribution >= 4 is 17.0 Å². The molecule has 2 aromatic rings. The monoisotopic (exact) mass is 604 g/mol. The Labute approximate surface area is 245 Å². The van der Waals surface area contributed by atoms with Crippen LogP contribution in [0.3, 0.4) is 0 Å². The van der Waals surface area contributed by atoms with Gasteiger partial charge in [0.05, 0.1) is 0 Å². The van der Waals surface area contributed by atoms with Gasteiger partial charge in [-0.05, 0) is 110 Å². The van der Waals surface area contributed by atoms with Gasteiger partial charge in [0.2, 0.25) is 0 Å². The van der Waals surface area contributed by atoms with Gasteiger partial charge in [0.25, 0.3) is 0 Å². The van der Waals surface area contributed by atoms with Gasteiger partial charge >= 0.3 is 37.9 Å². The Balaban J connectivity index is 0.000000892. The number of hydrogen-bond donors (Lipinski definition) is 0. The first-order valence-electron chi connectivity index (χ1n) is 13.4. The van der Waals surface area contributed by atoms with Gasteiger partial charge in [0.1, 0.15) is 0 Å². The van der Waals surface area contributed by atoms with E-state index in [0.29, 0.717) is 0 Å². The van der Waals surface area contributed by atoms with Crippen LogP contribution in [0.5, 0.6) is 0 Å². The molecule has 0 aliphatic heterocycles. The summed E-state index contributed by atoms with van der Waals surface area (Å²) in [6.07, 6.45) is 19.0. The molecule has 37 heavy (non-hydrogen) atoms. The third-order valence-electron chi connectivity index (χ3n) is 9.52. The van der Waals surface area contributed by atoms with Crippen molar-refractivity contribution < 1.29 is 20.8 Å². The van der Waals surface area contributed by atoms with Crippen molar-refractivity contribution in [2.75, 3.05) is 0 Å². The molecule has 10 radical (unpaired) electrons. The SMILES string of the molecule is CC1(C)CCC(c2ccccc2)(C2(c3ccccc3)CCC(C)(C)[C]3[CH][CH][CH][C]32)[C]2[CH][CH][CH][C]21.[Cl][Zr+2][Cl]. The fraction of sp³-hybridized carbons (Fsp3) is 0.353. The van der Waals surface area contributed by atoms with E-state index in [-0.39, 0.29) is 21.7 Å². The summed E-state index contributed by atoms with van der Waals surface area (Å²) >= 11 is -0.826. The first-order valence-corrected chi connectivity index (χ1v) is 19.7. The summed E-state index contributed by atoms with van der Waals surface area (Å²) in [5, 5.41) is 0. The second kappa shape index (κ2) is 11.1. The topological polar surface area (TPSA) is 0 Å². The maximum atomic E-state index is 4.93.